The highest BCUT2D eigenvalue weighted by Crippen LogP contribution is 2.54. The molecule has 0 aliphatic heterocycles. The van der Waals surface area contributed by atoms with Gasteiger partial charge in [-0.15, -0.1) is 0 Å². The highest BCUT2D eigenvalue weighted by molar-refractivity contribution is 5.89. The zero-order chi connectivity index (χ0) is 108. The van der Waals surface area contributed by atoms with E-state index in [1.807, 2.05) is 6.92 Å². The molecule has 0 bridgehead atoms. The molecule has 31 nitrogen and oxygen atoms in total. The van der Waals surface area contributed by atoms with E-state index < -0.39 is 155 Å². The Balaban J connectivity index is -0.000000792. The van der Waals surface area contributed by atoms with E-state index >= 15 is 0 Å². The molecule has 0 aromatic rings. The van der Waals surface area contributed by atoms with Gasteiger partial charge in [0, 0.05) is 88.5 Å². The Morgan fingerprint density at radius 3 is 0.576 bits per heavy atom. The first kappa shape index (κ1) is 133. The molecule has 2 aliphatic carbocycles. The number of carbonyl (C=O) groups excluding carboxylic acids is 14. The summed E-state index contributed by atoms with van der Waals surface area (Å²) in [6.07, 6.45) is 18.3. The van der Waals surface area contributed by atoms with Crippen LogP contribution in [-0.2, 0) is 148 Å². The van der Waals surface area contributed by atoms with Gasteiger partial charge in [-0.05, 0) is 116 Å². The van der Waals surface area contributed by atoms with Crippen LogP contribution in [0.5, 0.6) is 0 Å². The molecule has 0 radical (unpaired) electrons. The maximum atomic E-state index is 13.5. The summed E-state index contributed by atoms with van der Waals surface area (Å²) in [5, 5.41) is 0. The van der Waals surface area contributed by atoms with Crippen LogP contribution >= 0.6 is 0 Å². The van der Waals surface area contributed by atoms with Gasteiger partial charge >= 0.3 is 131 Å². The molecule has 2 fully saturated rings. The summed E-state index contributed by atoms with van der Waals surface area (Å²) >= 11 is 0. The van der Waals surface area contributed by atoms with Gasteiger partial charge in [0.2, 0.25) is 0 Å². The Morgan fingerprint density at radius 1 is 0.230 bits per heavy atom. The van der Waals surface area contributed by atoms with E-state index in [0.717, 1.165) is 102 Å². The molecule has 0 heterocycles. The van der Waals surface area contributed by atoms with Gasteiger partial charge in [-0.25, -0.2) is 67.1 Å². The van der Waals surface area contributed by atoms with Crippen LogP contribution in [0.3, 0.4) is 0 Å². The van der Waals surface area contributed by atoms with Crippen LogP contribution in [0.4, 0.5) is 70.2 Å². The average molecular weight is 2030 g/mol. The molecule has 0 atom stereocenters. The number of rotatable bonds is 59. The summed E-state index contributed by atoms with van der Waals surface area (Å²) in [5.41, 5.74) is -1.50. The molecule has 0 unspecified atom stereocenters. The summed E-state index contributed by atoms with van der Waals surface area (Å²) in [6.45, 7) is 46.8. The number of alkyl halides is 16. The third kappa shape index (κ3) is 51.8. The Labute approximate surface area is 793 Å². The fourth-order valence-corrected chi connectivity index (χ4v) is 9.92. The highest BCUT2D eigenvalue weighted by Gasteiger charge is 2.82. The van der Waals surface area contributed by atoms with Crippen molar-refractivity contribution in [3.63, 3.8) is 0 Å². The lowest BCUT2D eigenvalue weighted by atomic mass is 9.83. The largest absolute Gasteiger partial charge is 0.462 e. The van der Waals surface area contributed by atoms with Crippen molar-refractivity contribution in [3.05, 3.63) is 175 Å². The second kappa shape index (κ2) is 67.1. The van der Waals surface area contributed by atoms with Crippen LogP contribution in [0.15, 0.2) is 175 Å². The third-order valence-corrected chi connectivity index (χ3v) is 18.7. The molecular weight excluding hydrogens is 1900 g/mol. The summed E-state index contributed by atoms with van der Waals surface area (Å²) < 4.78 is 294. The van der Waals surface area contributed by atoms with E-state index in [1.165, 1.54) is 12.2 Å². The molecule has 0 amide bonds. The quantitative estimate of drug-likeness (QED) is 0.0179. The van der Waals surface area contributed by atoms with Crippen molar-refractivity contribution < 1.29 is 218 Å². The van der Waals surface area contributed by atoms with Crippen molar-refractivity contribution in [3.8, 4) is 0 Å². The van der Waals surface area contributed by atoms with Crippen molar-refractivity contribution in [2.75, 3.05) is 132 Å². The van der Waals surface area contributed by atoms with E-state index in [0.29, 0.717) is 74.1 Å². The first-order chi connectivity index (χ1) is 64.5. The monoisotopic (exact) mass is 2020 g/mol. The van der Waals surface area contributed by atoms with Crippen LogP contribution < -0.4 is 0 Å². The van der Waals surface area contributed by atoms with Crippen molar-refractivity contribution >= 4 is 83.6 Å². The van der Waals surface area contributed by atoms with Gasteiger partial charge in [-0.3, -0.25) is 0 Å². The maximum Gasteiger partial charge on any atom is 0.381 e. The number of hydrogen-bond acceptors (Lipinski definition) is 31. The number of ether oxygens (including phenoxy) is 17. The molecule has 0 spiro atoms. The van der Waals surface area contributed by atoms with E-state index in [1.54, 1.807) is 20.8 Å². The molecule has 47 heteroatoms. The van der Waals surface area contributed by atoms with Gasteiger partial charge in [0.15, 0.2) is 26.4 Å². The number of carbonyl (C=O) groups is 14. The minimum atomic E-state index is -6.66. The average Bonchev–Trinajstić information content (AvgIpc) is 0.742. The number of halogens is 16. The highest BCUT2D eigenvalue weighted by atomic mass is 19.4. The molecule has 0 aromatic heterocycles. The van der Waals surface area contributed by atoms with Crippen LogP contribution in [0.1, 0.15) is 106 Å². The van der Waals surface area contributed by atoms with Crippen molar-refractivity contribution in [1.29, 1.82) is 0 Å². The fourth-order valence-electron chi connectivity index (χ4n) is 9.92. The van der Waals surface area contributed by atoms with Gasteiger partial charge in [-0.1, -0.05) is 106 Å². The number of esters is 14. The normalized spacial score (nSPS) is 14.7. The predicted molar refractivity (Wildman–Crippen MR) is 463 cm³/mol. The summed E-state index contributed by atoms with van der Waals surface area (Å²) in [6, 6.07) is 0. The van der Waals surface area contributed by atoms with Crippen LogP contribution in [0.25, 0.3) is 0 Å². The summed E-state index contributed by atoms with van der Waals surface area (Å²) in [4.78, 5) is 154. The molecule has 2 saturated carbocycles. The minimum absolute atomic E-state index is 0.0802. The Hall–Kier alpha value is -12.3. The van der Waals surface area contributed by atoms with Gasteiger partial charge in [0.25, 0.3) is 0 Å². The first-order valence-electron chi connectivity index (χ1n) is 41.5. The third-order valence-electron chi connectivity index (χ3n) is 18.7. The van der Waals surface area contributed by atoms with E-state index in [-0.39, 0.29) is 115 Å². The Kier molecular flexibility index (Phi) is 64.2. The molecule has 0 aromatic carbocycles. The maximum absolute atomic E-state index is 13.5. The van der Waals surface area contributed by atoms with Gasteiger partial charge in [0.05, 0.1) is 71.5 Å². The van der Waals surface area contributed by atoms with Crippen LogP contribution in [0, 0.1) is 34.5 Å². The van der Waals surface area contributed by atoms with Crippen LogP contribution in [-0.4, -0.2) is 263 Å². The predicted octanol–water partition coefficient (Wildman–Crippen LogP) is 15.2. The molecule has 2 aliphatic rings. The number of hydrogen-bond donors (Lipinski definition) is 0. The van der Waals surface area contributed by atoms with Gasteiger partial charge in [0.1, 0.15) is 39.6 Å². The van der Waals surface area contributed by atoms with Gasteiger partial charge in [-0.2, -0.15) is 70.2 Å². The zero-order valence-electron chi connectivity index (χ0n) is 77.9. The zero-order valence-corrected chi connectivity index (χ0v) is 77.9. The fraction of sp³-hybridized carbons (Fsp3) is 0.543. The van der Waals surface area contributed by atoms with E-state index in [2.05, 4.69) is 111 Å². The first-order valence-corrected chi connectivity index (χ1v) is 41.5. The van der Waals surface area contributed by atoms with E-state index in [4.69, 9.17) is 61.6 Å². The lowest BCUT2D eigenvalue weighted by Crippen LogP contribution is -2.64. The second-order valence-corrected chi connectivity index (χ2v) is 30.1. The molecule has 0 saturated heterocycles. The van der Waals surface area contributed by atoms with Crippen molar-refractivity contribution in [2.24, 2.45) is 34.5 Å². The standard InChI is InChI=1S/C21H32O9.C16H24O4.C15H20O6.C14H14F8O4.C14H20O4.C12H10F8O4/c1-5-18(22)28-12-9-25-15-21(8-4,16-26-10-13-29-19(23)6-2)17-27-11-14-30-20(24)7-3;1-11(2)15(17)19-9-13-5-7-14(8-6-13)10-20-16(18)12(3)4;1-5-12(16)19-9-15(8-4,10-20-13(17)6-2)11-21-14(18)7-3;1-7(2)9(23)25-5-11(15,16)13(19,20)14(21,22)12(17,18)6-26-10(24)8(3)4;1-3-13(15)17-9-11-5-7-12(8-6-11)10-18-14(16)4-2;1-3-7(21)23-5-9(13,14)11(17,18)12(19,20)10(15,16)6-24-8(22)4-2/h5-7H,1-3,8-17H2,4H3;13-14H,1,3,5-10H2,2,4H3;5-7H,1-3,8-11H2,4H3;1,3,5-6H2,2,4H3;3-4,11-12H,1-2,5-10H2;3-4H,1-2,5-6H2. The molecule has 0 N–H and O–H groups in total. The van der Waals surface area contributed by atoms with Gasteiger partial charge < -0.3 is 80.5 Å². The van der Waals surface area contributed by atoms with Crippen LogP contribution in [0.2, 0.25) is 0 Å². The molecular formula is C92H120F16O31. The SMILES string of the molecule is C=C(C)C(=O)OCC(F)(F)C(F)(F)C(F)(F)C(F)(F)COC(=O)C(=C)C.C=C(C)C(=O)OCC1CCC(COC(=O)C(=C)C)CC1.C=CC(=O)OCC(CC)(COC(=O)C=C)COC(=O)C=C.C=CC(=O)OCC(F)(F)C(F)(F)C(F)(F)C(F)(F)COC(=O)C=C.C=CC(=O)OCC1CCC(COC(=O)C=C)CC1.C=CC(=O)OCCOCC(CC)(COCCOC(=O)C=C)COCCOC(=O)C=C. The lowest BCUT2D eigenvalue weighted by Gasteiger charge is -2.36. The van der Waals surface area contributed by atoms with Crippen molar-refractivity contribution in [1.82, 2.24) is 0 Å². The minimum Gasteiger partial charge on any atom is -0.462 e. The topological polar surface area (TPSA) is 396 Å². The molecule has 2 rings (SSSR count). The van der Waals surface area contributed by atoms with E-state index in [9.17, 15) is 137 Å². The smallest absolute Gasteiger partial charge is 0.381 e. The second-order valence-electron chi connectivity index (χ2n) is 30.1. The summed E-state index contributed by atoms with van der Waals surface area (Å²) in [5.74, 6) is -59.8. The Morgan fingerprint density at radius 2 is 0.388 bits per heavy atom. The molecule has 786 valence electrons. The Bertz CT molecular complexity index is 3840. The lowest BCUT2D eigenvalue weighted by molar-refractivity contribution is -0.374. The summed E-state index contributed by atoms with van der Waals surface area (Å²) in [7, 11) is 0. The van der Waals surface area contributed by atoms with Crippen molar-refractivity contribution in [2.45, 2.75) is 153 Å². The molecule has 139 heavy (non-hydrogen) atoms.